The summed E-state index contributed by atoms with van der Waals surface area (Å²) < 4.78 is 59.8. The minimum atomic E-state index is -1.31. The number of aliphatic carboxylic acids is 1. The molecule has 3 aromatic rings. The smallest absolute Gasteiger partial charge is 0.303 e. The standard InChI is InChI=1S/C30H30F4N2O4/c1-40-22-4-5-25-23(15-22)28(20(17-31)18-35-25)26(37)6-7-30(16-27(38)39)8-11-36(12-9-30)10-2-3-19-13-21(32)14-24(33)29(19)34/h4-5,13-15,18,26,37H,6-12,16-17H2,1H3,(H,38,39)/t26-/m1/s1. The molecule has 2 aromatic carbocycles. The van der Waals surface area contributed by atoms with E-state index in [-0.39, 0.29) is 30.5 Å². The zero-order valence-corrected chi connectivity index (χ0v) is 22.0. The van der Waals surface area contributed by atoms with Gasteiger partial charge in [0, 0.05) is 23.2 Å². The Hall–Kier alpha value is -3.68. The minimum Gasteiger partial charge on any atom is -0.497 e. The van der Waals surface area contributed by atoms with Crippen LogP contribution in [-0.4, -0.2) is 52.8 Å². The van der Waals surface area contributed by atoms with Crippen molar-refractivity contribution in [2.24, 2.45) is 5.41 Å². The van der Waals surface area contributed by atoms with Gasteiger partial charge in [-0.3, -0.25) is 14.7 Å². The summed E-state index contributed by atoms with van der Waals surface area (Å²) in [6, 6.07) is 6.46. The van der Waals surface area contributed by atoms with Crippen LogP contribution in [0.25, 0.3) is 10.9 Å². The number of pyridine rings is 1. The van der Waals surface area contributed by atoms with Gasteiger partial charge in [-0.2, -0.15) is 0 Å². The lowest BCUT2D eigenvalue weighted by molar-refractivity contribution is -0.141. The zero-order valence-electron chi connectivity index (χ0n) is 22.0. The first-order chi connectivity index (χ1) is 19.1. The van der Waals surface area contributed by atoms with E-state index in [1.165, 1.54) is 13.3 Å². The number of hydrogen-bond donors (Lipinski definition) is 2. The number of methoxy groups -OCH3 is 1. The molecule has 1 saturated heterocycles. The van der Waals surface area contributed by atoms with Gasteiger partial charge in [0.2, 0.25) is 0 Å². The summed E-state index contributed by atoms with van der Waals surface area (Å²) >= 11 is 0. The fourth-order valence-corrected chi connectivity index (χ4v) is 5.36. The highest BCUT2D eigenvalue weighted by molar-refractivity contribution is 5.85. The van der Waals surface area contributed by atoms with Crippen molar-refractivity contribution in [1.29, 1.82) is 0 Å². The van der Waals surface area contributed by atoms with Crippen LogP contribution in [-0.2, 0) is 11.5 Å². The van der Waals surface area contributed by atoms with Gasteiger partial charge in [0.1, 0.15) is 18.2 Å². The van der Waals surface area contributed by atoms with Crippen LogP contribution in [0, 0.1) is 34.7 Å². The first-order valence-corrected chi connectivity index (χ1v) is 12.9. The average molecular weight is 559 g/mol. The molecule has 0 unspecified atom stereocenters. The van der Waals surface area contributed by atoms with Gasteiger partial charge >= 0.3 is 5.97 Å². The Kier molecular flexibility index (Phi) is 9.28. The van der Waals surface area contributed by atoms with Crippen molar-refractivity contribution >= 4 is 16.9 Å². The highest BCUT2D eigenvalue weighted by Crippen LogP contribution is 2.42. The lowest BCUT2D eigenvalue weighted by atomic mass is 9.71. The number of halogens is 4. The number of aromatic nitrogens is 1. The molecule has 1 atom stereocenters. The van der Waals surface area contributed by atoms with Gasteiger partial charge in [-0.25, -0.2) is 17.6 Å². The van der Waals surface area contributed by atoms with Gasteiger partial charge < -0.3 is 14.9 Å². The number of nitrogens with zero attached hydrogens (tertiary/aromatic N) is 2. The normalized spacial score (nSPS) is 15.8. The number of ether oxygens (including phenoxy) is 1. The average Bonchev–Trinajstić information content (AvgIpc) is 2.94. The number of aliphatic hydroxyl groups excluding tert-OH is 1. The second kappa shape index (κ2) is 12.7. The van der Waals surface area contributed by atoms with E-state index in [0.717, 1.165) is 6.07 Å². The van der Waals surface area contributed by atoms with Crippen LogP contribution in [0.5, 0.6) is 5.75 Å². The largest absolute Gasteiger partial charge is 0.497 e. The summed E-state index contributed by atoms with van der Waals surface area (Å²) in [5.74, 6) is 1.37. The molecule has 1 aliphatic heterocycles. The van der Waals surface area contributed by atoms with Crippen molar-refractivity contribution in [2.75, 3.05) is 26.7 Å². The molecule has 4 rings (SSSR count). The molecule has 1 fully saturated rings. The summed E-state index contributed by atoms with van der Waals surface area (Å²) in [7, 11) is 1.51. The maximum absolute atomic E-state index is 13.9. The molecule has 0 radical (unpaired) electrons. The number of carbonyl (C=O) groups is 1. The molecule has 0 saturated carbocycles. The van der Waals surface area contributed by atoms with Crippen molar-refractivity contribution in [3.63, 3.8) is 0 Å². The van der Waals surface area contributed by atoms with Crippen LogP contribution in [0.3, 0.4) is 0 Å². The number of hydrogen-bond acceptors (Lipinski definition) is 5. The highest BCUT2D eigenvalue weighted by atomic mass is 19.2. The summed E-state index contributed by atoms with van der Waals surface area (Å²) in [6.07, 6.45) is 1.92. The monoisotopic (exact) mass is 558 g/mol. The quantitative estimate of drug-likeness (QED) is 0.204. The number of piperidine rings is 1. The second-order valence-corrected chi connectivity index (χ2v) is 10.2. The molecule has 1 aromatic heterocycles. The van der Waals surface area contributed by atoms with E-state index < -0.39 is 41.6 Å². The molecule has 0 amide bonds. The number of likely N-dealkylation sites (tertiary alicyclic amines) is 1. The van der Waals surface area contributed by atoms with Crippen molar-refractivity contribution in [3.05, 3.63) is 70.7 Å². The molecule has 6 nitrogen and oxygen atoms in total. The lowest BCUT2D eigenvalue weighted by Crippen LogP contribution is -2.41. The topological polar surface area (TPSA) is 82.9 Å². The van der Waals surface area contributed by atoms with E-state index >= 15 is 0 Å². The Balaban J connectivity index is 1.46. The van der Waals surface area contributed by atoms with E-state index in [4.69, 9.17) is 4.74 Å². The Labute approximate surface area is 229 Å². The molecule has 40 heavy (non-hydrogen) atoms. The lowest BCUT2D eigenvalue weighted by Gasteiger charge is -2.41. The number of rotatable bonds is 9. The molecule has 0 bridgehead atoms. The number of carboxylic acids is 1. The number of aliphatic hydroxyl groups is 1. The predicted octanol–water partition coefficient (Wildman–Crippen LogP) is 5.55. The summed E-state index contributed by atoms with van der Waals surface area (Å²) in [5.41, 5.74) is 0.319. The van der Waals surface area contributed by atoms with Crippen molar-refractivity contribution in [1.82, 2.24) is 9.88 Å². The molecule has 2 heterocycles. The summed E-state index contributed by atoms with van der Waals surface area (Å²) in [5, 5.41) is 21.4. The Morgan fingerprint density at radius 1 is 1.20 bits per heavy atom. The third-order valence-electron chi connectivity index (χ3n) is 7.59. The maximum atomic E-state index is 13.9. The van der Waals surface area contributed by atoms with Gasteiger partial charge in [-0.05, 0) is 74.0 Å². The molecule has 1 aliphatic rings. The SMILES string of the molecule is COc1ccc2ncc(CF)c([C@H](O)CCC3(CC(=O)O)CCN(CC#Cc4cc(F)cc(F)c4F)CC3)c2c1. The summed E-state index contributed by atoms with van der Waals surface area (Å²) in [6.45, 7) is 0.412. The van der Waals surface area contributed by atoms with E-state index in [1.54, 1.807) is 18.2 Å². The number of benzene rings is 2. The fourth-order valence-electron chi connectivity index (χ4n) is 5.36. The second-order valence-electron chi connectivity index (χ2n) is 10.2. The van der Waals surface area contributed by atoms with Crippen LogP contribution >= 0.6 is 0 Å². The van der Waals surface area contributed by atoms with Gasteiger partial charge in [0.15, 0.2) is 11.6 Å². The van der Waals surface area contributed by atoms with Gasteiger partial charge in [-0.15, -0.1) is 0 Å². The predicted molar refractivity (Wildman–Crippen MR) is 141 cm³/mol. The van der Waals surface area contributed by atoms with Gasteiger partial charge in [0.25, 0.3) is 0 Å². The van der Waals surface area contributed by atoms with Gasteiger partial charge in [0.05, 0.1) is 37.3 Å². The first-order valence-electron chi connectivity index (χ1n) is 12.9. The minimum absolute atomic E-state index is 0.0894. The molecular weight excluding hydrogens is 528 g/mol. The van der Waals surface area contributed by atoms with Crippen LogP contribution < -0.4 is 4.74 Å². The van der Waals surface area contributed by atoms with Crippen molar-refractivity contribution < 1.29 is 37.3 Å². The van der Waals surface area contributed by atoms with E-state index in [9.17, 15) is 32.6 Å². The maximum Gasteiger partial charge on any atom is 0.303 e. The summed E-state index contributed by atoms with van der Waals surface area (Å²) in [4.78, 5) is 18.0. The van der Waals surface area contributed by atoms with E-state index in [0.29, 0.717) is 60.6 Å². The van der Waals surface area contributed by atoms with E-state index in [2.05, 4.69) is 16.8 Å². The third-order valence-corrected chi connectivity index (χ3v) is 7.59. The number of carboxylic acid groups (broad SMARTS) is 1. The molecule has 0 spiro atoms. The Bertz CT molecular complexity index is 1440. The first kappa shape index (κ1) is 29.3. The fraction of sp³-hybridized carbons (Fsp3) is 0.400. The van der Waals surface area contributed by atoms with Gasteiger partial charge in [-0.1, -0.05) is 11.8 Å². The molecule has 2 N–H and O–H groups in total. The van der Waals surface area contributed by atoms with Crippen molar-refractivity contribution in [2.45, 2.75) is 44.9 Å². The Morgan fingerprint density at radius 3 is 2.62 bits per heavy atom. The molecular formula is C30H30F4N2O4. The van der Waals surface area contributed by atoms with Crippen LogP contribution in [0.15, 0.2) is 36.5 Å². The third kappa shape index (κ3) is 6.72. The van der Waals surface area contributed by atoms with Crippen LogP contribution in [0.4, 0.5) is 17.6 Å². The Morgan fingerprint density at radius 2 is 1.95 bits per heavy atom. The molecule has 10 heteroatoms. The van der Waals surface area contributed by atoms with Crippen LogP contribution in [0.2, 0.25) is 0 Å². The zero-order chi connectivity index (χ0) is 28.9. The molecule has 0 aliphatic carbocycles. The highest BCUT2D eigenvalue weighted by Gasteiger charge is 2.37. The molecule has 212 valence electrons. The van der Waals surface area contributed by atoms with E-state index in [1.807, 2.05) is 4.90 Å². The van der Waals surface area contributed by atoms with Crippen molar-refractivity contribution in [3.8, 4) is 17.6 Å². The van der Waals surface area contributed by atoms with Crippen LogP contribution in [0.1, 0.15) is 54.9 Å². The number of fused-ring (bicyclic) bond motifs is 1. The number of alkyl halides is 1.